The van der Waals surface area contributed by atoms with Crippen LogP contribution in [0.5, 0.6) is 0 Å². The first kappa shape index (κ1) is 13.9. The molecule has 1 nitrogen and oxygen atoms in total. The quantitative estimate of drug-likeness (QED) is 0.814. The van der Waals surface area contributed by atoms with Gasteiger partial charge >= 0.3 is 6.18 Å². The van der Waals surface area contributed by atoms with Crippen LogP contribution in [0, 0.1) is 5.82 Å². The van der Waals surface area contributed by atoms with Crippen molar-refractivity contribution < 1.29 is 17.6 Å². The van der Waals surface area contributed by atoms with Crippen molar-refractivity contribution in [3.05, 3.63) is 35.1 Å². The molecule has 0 atom stereocenters. The molecule has 20 heavy (non-hydrogen) atoms. The molecule has 1 aromatic rings. The molecular formula is C15H17F4N. The van der Waals surface area contributed by atoms with Crippen molar-refractivity contribution in [1.82, 2.24) is 5.32 Å². The molecule has 0 aromatic heterocycles. The lowest BCUT2D eigenvalue weighted by Gasteiger charge is -2.24. The molecule has 2 aliphatic carbocycles. The van der Waals surface area contributed by atoms with Crippen molar-refractivity contribution in [2.24, 2.45) is 0 Å². The predicted molar refractivity (Wildman–Crippen MR) is 67.7 cm³/mol. The highest BCUT2D eigenvalue weighted by Crippen LogP contribution is 2.48. The van der Waals surface area contributed by atoms with E-state index >= 15 is 0 Å². The van der Waals surface area contributed by atoms with Crippen molar-refractivity contribution >= 4 is 0 Å². The fourth-order valence-electron chi connectivity index (χ4n) is 3.14. The highest BCUT2D eigenvalue weighted by Gasteiger charge is 2.47. The molecule has 110 valence electrons. The Labute approximate surface area is 115 Å². The third-order valence-corrected chi connectivity index (χ3v) is 4.41. The highest BCUT2D eigenvalue weighted by molar-refractivity contribution is 5.36. The Morgan fingerprint density at radius 3 is 2.30 bits per heavy atom. The maximum Gasteiger partial charge on any atom is 0.419 e. The van der Waals surface area contributed by atoms with E-state index in [-0.39, 0.29) is 5.54 Å². The zero-order valence-corrected chi connectivity index (χ0v) is 11.1. The molecule has 0 amide bonds. The lowest BCUT2D eigenvalue weighted by molar-refractivity contribution is -0.140. The Morgan fingerprint density at radius 1 is 1.10 bits per heavy atom. The molecule has 3 rings (SSSR count). The van der Waals surface area contributed by atoms with Crippen LogP contribution in [-0.4, -0.2) is 6.04 Å². The maximum absolute atomic E-state index is 13.3. The van der Waals surface area contributed by atoms with Gasteiger partial charge in [-0.15, -0.1) is 0 Å². The Bertz CT molecular complexity index is 499. The third kappa shape index (κ3) is 2.55. The van der Waals surface area contributed by atoms with Crippen LogP contribution in [0.3, 0.4) is 0 Å². The summed E-state index contributed by atoms with van der Waals surface area (Å²) in [6, 6.07) is 3.79. The van der Waals surface area contributed by atoms with Crippen LogP contribution in [0.1, 0.15) is 49.7 Å². The van der Waals surface area contributed by atoms with Gasteiger partial charge in [-0.1, -0.05) is 18.9 Å². The van der Waals surface area contributed by atoms with Crippen LogP contribution >= 0.6 is 0 Å². The minimum atomic E-state index is -4.64. The van der Waals surface area contributed by atoms with Crippen LogP contribution in [0.2, 0.25) is 0 Å². The molecule has 0 unspecified atom stereocenters. The normalized spacial score (nSPS) is 22.2. The van der Waals surface area contributed by atoms with E-state index in [1.807, 2.05) is 0 Å². The van der Waals surface area contributed by atoms with Crippen LogP contribution < -0.4 is 5.32 Å². The van der Waals surface area contributed by atoms with E-state index < -0.39 is 17.6 Å². The Balaban J connectivity index is 1.86. The van der Waals surface area contributed by atoms with Gasteiger partial charge in [0.2, 0.25) is 0 Å². The van der Waals surface area contributed by atoms with Crippen molar-refractivity contribution in [2.45, 2.75) is 56.3 Å². The fraction of sp³-hybridized carbons (Fsp3) is 0.600. The predicted octanol–water partition coefficient (Wildman–Crippen LogP) is 4.37. The van der Waals surface area contributed by atoms with Crippen molar-refractivity contribution in [1.29, 1.82) is 0 Å². The zero-order chi connectivity index (χ0) is 14.4. The van der Waals surface area contributed by atoms with E-state index in [4.69, 9.17) is 0 Å². The third-order valence-electron chi connectivity index (χ3n) is 4.41. The lowest BCUT2D eigenvalue weighted by Crippen LogP contribution is -2.36. The second kappa shape index (κ2) is 4.72. The molecule has 1 N–H and O–H groups in total. The monoisotopic (exact) mass is 287 g/mol. The highest BCUT2D eigenvalue weighted by atomic mass is 19.4. The molecular weight excluding hydrogens is 270 g/mol. The van der Waals surface area contributed by atoms with Crippen LogP contribution in [0.25, 0.3) is 0 Å². The van der Waals surface area contributed by atoms with Gasteiger partial charge in [0.15, 0.2) is 0 Å². The molecule has 5 heteroatoms. The van der Waals surface area contributed by atoms with Gasteiger partial charge in [-0.2, -0.15) is 13.2 Å². The Morgan fingerprint density at radius 2 is 1.75 bits per heavy atom. The number of alkyl halides is 3. The maximum atomic E-state index is 13.3. The summed E-state index contributed by atoms with van der Waals surface area (Å²) in [7, 11) is 0. The zero-order valence-electron chi connectivity index (χ0n) is 11.1. The molecule has 1 aromatic carbocycles. The van der Waals surface area contributed by atoms with E-state index in [1.54, 1.807) is 0 Å². The van der Waals surface area contributed by atoms with Crippen molar-refractivity contribution in [2.75, 3.05) is 0 Å². The number of nitrogens with one attached hydrogen (secondary N) is 1. The molecule has 0 radical (unpaired) electrons. The average molecular weight is 287 g/mol. The Hall–Kier alpha value is -1.10. The molecule has 0 spiro atoms. The average Bonchev–Trinajstić information content (AvgIpc) is 2.96. The topological polar surface area (TPSA) is 12.0 Å². The van der Waals surface area contributed by atoms with Gasteiger partial charge in [0, 0.05) is 11.6 Å². The van der Waals surface area contributed by atoms with E-state index in [2.05, 4.69) is 5.32 Å². The van der Waals surface area contributed by atoms with Crippen molar-refractivity contribution in [3.8, 4) is 0 Å². The first-order valence-electron chi connectivity index (χ1n) is 7.06. The summed E-state index contributed by atoms with van der Waals surface area (Å²) in [5.41, 5.74) is -0.949. The van der Waals surface area contributed by atoms with Crippen LogP contribution in [0.15, 0.2) is 18.2 Å². The smallest absolute Gasteiger partial charge is 0.305 e. The first-order chi connectivity index (χ1) is 9.41. The van der Waals surface area contributed by atoms with Gasteiger partial charge < -0.3 is 5.32 Å². The van der Waals surface area contributed by atoms with E-state index in [0.29, 0.717) is 11.6 Å². The summed E-state index contributed by atoms with van der Waals surface area (Å²) in [4.78, 5) is 0. The summed E-state index contributed by atoms with van der Waals surface area (Å²) < 4.78 is 51.7. The number of rotatable bonds is 3. The Kier molecular flexibility index (Phi) is 3.27. The summed E-state index contributed by atoms with van der Waals surface area (Å²) >= 11 is 0. The molecule has 0 heterocycles. The van der Waals surface area contributed by atoms with Gasteiger partial charge in [0.1, 0.15) is 5.82 Å². The van der Waals surface area contributed by atoms with Crippen molar-refractivity contribution in [3.63, 3.8) is 0 Å². The lowest BCUT2D eigenvalue weighted by atomic mass is 10.00. The molecule has 2 saturated carbocycles. The molecule has 0 aliphatic heterocycles. The van der Waals surface area contributed by atoms with Crippen LogP contribution in [0.4, 0.5) is 17.6 Å². The van der Waals surface area contributed by atoms with E-state index in [0.717, 1.165) is 37.8 Å². The minimum absolute atomic E-state index is 0.358. The largest absolute Gasteiger partial charge is 0.419 e. The van der Waals surface area contributed by atoms with E-state index in [9.17, 15) is 17.6 Å². The fourth-order valence-corrected chi connectivity index (χ4v) is 3.14. The molecule has 0 saturated heterocycles. The van der Waals surface area contributed by atoms with Gasteiger partial charge in [-0.25, -0.2) is 4.39 Å². The number of hydrogen-bond donors (Lipinski definition) is 1. The minimum Gasteiger partial charge on any atom is -0.305 e. The second-order valence-electron chi connectivity index (χ2n) is 5.90. The SMILES string of the molecule is Fc1ccc(C2(NC3CCCC3)CC2)cc1C(F)(F)F. The summed E-state index contributed by atoms with van der Waals surface area (Å²) in [5.74, 6) is -1.20. The van der Waals surface area contributed by atoms with Gasteiger partial charge in [-0.05, 0) is 43.4 Å². The standard InChI is InChI=1S/C15H17F4N/c16-13-6-5-10(9-12(13)15(17,18)19)14(7-8-14)20-11-3-1-2-4-11/h5-6,9,11,20H,1-4,7-8H2. The van der Waals surface area contributed by atoms with Gasteiger partial charge in [0.25, 0.3) is 0 Å². The number of halogens is 4. The van der Waals surface area contributed by atoms with Gasteiger partial charge in [0.05, 0.1) is 5.56 Å². The summed E-state index contributed by atoms with van der Waals surface area (Å²) in [6.45, 7) is 0. The van der Waals surface area contributed by atoms with Crippen LogP contribution in [-0.2, 0) is 11.7 Å². The molecule has 2 aliphatic rings. The number of hydrogen-bond acceptors (Lipinski definition) is 1. The summed E-state index contributed by atoms with van der Waals surface area (Å²) in [6.07, 6.45) is 1.52. The van der Waals surface area contributed by atoms with E-state index in [1.165, 1.54) is 18.9 Å². The number of benzene rings is 1. The second-order valence-corrected chi connectivity index (χ2v) is 5.90. The summed E-state index contributed by atoms with van der Waals surface area (Å²) in [5, 5.41) is 3.49. The van der Waals surface area contributed by atoms with Gasteiger partial charge in [-0.3, -0.25) is 0 Å². The molecule has 2 fully saturated rings. The molecule has 0 bridgehead atoms. The first-order valence-corrected chi connectivity index (χ1v) is 7.06.